The van der Waals surface area contributed by atoms with Gasteiger partial charge in [0.05, 0.1) is 12.1 Å². The number of nitrogens with zero attached hydrogens (tertiary/aromatic N) is 2. The van der Waals surface area contributed by atoms with Gasteiger partial charge in [0.15, 0.2) is 11.4 Å². The fourth-order valence-electron chi connectivity index (χ4n) is 2.54. The number of halogens is 1. The standard InChI is InChI=1S/C20H15BrN2O3/c1-2-25-20(24)18-19(26-12-13-6-4-3-5-7-13)16(11-22)15-9-8-14(21)10-17(15)23-18/h3-10H,2,12H2,1H3. The maximum absolute atomic E-state index is 12.4. The second-order valence-electron chi connectivity index (χ2n) is 5.43. The van der Waals surface area contributed by atoms with Crippen LogP contribution >= 0.6 is 15.9 Å². The number of nitriles is 1. The second-order valence-corrected chi connectivity index (χ2v) is 6.35. The van der Waals surface area contributed by atoms with Crippen molar-refractivity contribution in [2.75, 3.05) is 6.61 Å². The molecule has 130 valence electrons. The van der Waals surface area contributed by atoms with Crippen molar-refractivity contribution >= 4 is 32.8 Å². The number of hydrogen-bond acceptors (Lipinski definition) is 5. The molecular weight excluding hydrogens is 396 g/mol. The van der Waals surface area contributed by atoms with Gasteiger partial charge in [0.1, 0.15) is 18.2 Å². The zero-order valence-electron chi connectivity index (χ0n) is 14.0. The van der Waals surface area contributed by atoms with Crippen LogP contribution in [0.25, 0.3) is 10.9 Å². The molecule has 0 aliphatic rings. The number of ether oxygens (including phenoxy) is 2. The summed E-state index contributed by atoms with van der Waals surface area (Å²) in [5.74, 6) is -0.474. The number of hydrogen-bond donors (Lipinski definition) is 0. The monoisotopic (exact) mass is 410 g/mol. The van der Waals surface area contributed by atoms with Crippen LogP contribution in [0.2, 0.25) is 0 Å². The highest BCUT2D eigenvalue weighted by Crippen LogP contribution is 2.32. The van der Waals surface area contributed by atoms with E-state index in [0.717, 1.165) is 10.0 Å². The number of esters is 1. The van der Waals surface area contributed by atoms with E-state index < -0.39 is 5.97 Å². The third-order valence-electron chi connectivity index (χ3n) is 3.71. The van der Waals surface area contributed by atoms with Crippen LogP contribution in [-0.4, -0.2) is 17.6 Å². The molecule has 0 aliphatic heterocycles. The average molecular weight is 411 g/mol. The third-order valence-corrected chi connectivity index (χ3v) is 4.20. The molecule has 3 rings (SSSR count). The molecule has 6 heteroatoms. The highest BCUT2D eigenvalue weighted by Gasteiger charge is 2.23. The van der Waals surface area contributed by atoms with Gasteiger partial charge in [0.25, 0.3) is 0 Å². The van der Waals surface area contributed by atoms with E-state index >= 15 is 0 Å². The summed E-state index contributed by atoms with van der Waals surface area (Å²) in [4.78, 5) is 16.8. The number of carbonyl (C=O) groups is 1. The molecule has 0 amide bonds. The van der Waals surface area contributed by atoms with Crippen molar-refractivity contribution in [1.29, 1.82) is 5.26 Å². The van der Waals surface area contributed by atoms with Gasteiger partial charge in [0, 0.05) is 9.86 Å². The van der Waals surface area contributed by atoms with Crippen LogP contribution in [0, 0.1) is 11.3 Å². The predicted octanol–water partition coefficient (Wildman–Crippen LogP) is 4.62. The maximum Gasteiger partial charge on any atom is 0.360 e. The minimum atomic E-state index is -0.617. The van der Waals surface area contributed by atoms with Crippen molar-refractivity contribution in [3.05, 3.63) is 69.8 Å². The summed E-state index contributed by atoms with van der Waals surface area (Å²) in [7, 11) is 0. The van der Waals surface area contributed by atoms with Crippen LogP contribution < -0.4 is 4.74 Å². The molecule has 0 saturated carbocycles. The highest BCUT2D eigenvalue weighted by molar-refractivity contribution is 9.10. The van der Waals surface area contributed by atoms with Crippen LogP contribution in [0.1, 0.15) is 28.5 Å². The molecule has 0 spiro atoms. The van der Waals surface area contributed by atoms with Gasteiger partial charge >= 0.3 is 5.97 Å². The first-order valence-corrected chi connectivity index (χ1v) is 8.80. The molecule has 26 heavy (non-hydrogen) atoms. The first-order chi connectivity index (χ1) is 12.6. The lowest BCUT2D eigenvalue weighted by Gasteiger charge is -2.14. The van der Waals surface area contributed by atoms with Gasteiger partial charge in [-0.2, -0.15) is 5.26 Å². The minimum absolute atomic E-state index is 0.00457. The Morgan fingerprint density at radius 2 is 2.00 bits per heavy atom. The first-order valence-electron chi connectivity index (χ1n) is 8.01. The normalized spacial score (nSPS) is 10.3. The van der Waals surface area contributed by atoms with E-state index in [1.165, 1.54) is 0 Å². The van der Waals surface area contributed by atoms with Crippen LogP contribution in [-0.2, 0) is 11.3 Å². The van der Waals surface area contributed by atoms with Gasteiger partial charge in [-0.15, -0.1) is 0 Å². The number of rotatable bonds is 5. The number of carbonyl (C=O) groups excluding carboxylic acids is 1. The fraction of sp³-hybridized carbons (Fsp3) is 0.150. The third kappa shape index (κ3) is 3.68. The van der Waals surface area contributed by atoms with Gasteiger partial charge in [-0.05, 0) is 24.6 Å². The molecule has 1 aromatic heterocycles. The topological polar surface area (TPSA) is 72.2 Å². The molecule has 1 heterocycles. The quantitative estimate of drug-likeness (QED) is 0.573. The van der Waals surface area contributed by atoms with Gasteiger partial charge in [-0.1, -0.05) is 52.3 Å². The summed E-state index contributed by atoms with van der Waals surface area (Å²) >= 11 is 3.38. The van der Waals surface area contributed by atoms with E-state index in [4.69, 9.17) is 9.47 Å². The number of pyridine rings is 1. The Morgan fingerprint density at radius 3 is 2.69 bits per heavy atom. The van der Waals surface area contributed by atoms with Crippen molar-refractivity contribution in [3.8, 4) is 11.8 Å². The molecular formula is C20H15BrN2O3. The van der Waals surface area contributed by atoms with Crippen LogP contribution in [0.4, 0.5) is 0 Å². The van der Waals surface area contributed by atoms with Crippen molar-refractivity contribution in [1.82, 2.24) is 4.98 Å². The summed E-state index contributed by atoms with van der Waals surface area (Å²) < 4.78 is 11.8. The zero-order valence-corrected chi connectivity index (χ0v) is 15.6. The van der Waals surface area contributed by atoms with E-state index in [1.54, 1.807) is 19.1 Å². The summed E-state index contributed by atoms with van der Waals surface area (Å²) in [5.41, 5.74) is 1.71. The number of benzene rings is 2. The Labute approximate surface area is 159 Å². The Balaban J connectivity index is 2.13. The molecule has 5 nitrogen and oxygen atoms in total. The maximum atomic E-state index is 12.4. The lowest BCUT2D eigenvalue weighted by atomic mass is 10.1. The van der Waals surface area contributed by atoms with E-state index in [9.17, 15) is 10.1 Å². The van der Waals surface area contributed by atoms with Gasteiger partial charge in [-0.25, -0.2) is 9.78 Å². The van der Waals surface area contributed by atoms with Crippen LogP contribution in [0.5, 0.6) is 5.75 Å². The molecule has 3 aromatic rings. The van der Waals surface area contributed by atoms with Crippen molar-refractivity contribution in [3.63, 3.8) is 0 Å². The Hall–Kier alpha value is -2.91. The summed E-state index contributed by atoms with van der Waals surface area (Å²) in [6.45, 7) is 2.13. The van der Waals surface area contributed by atoms with Gasteiger partial charge < -0.3 is 9.47 Å². The smallest absolute Gasteiger partial charge is 0.360 e. The molecule has 0 fully saturated rings. The molecule has 0 N–H and O–H groups in total. The lowest BCUT2D eigenvalue weighted by Crippen LogP contribution is -2.12. The van der Waals surface area contributed by atoms with Gasteiger partial charge in [-0.3, -0.25) is 0 Å². The summed E-state index contributed by atoms with van der Waals surface area (Å²) in [6.07, 6.45) is 0. The first kappa shape index (κ1) is 17.9. The van der Waals surface area contributed by atoms with Crippen LogP contribution in [0.15, 0.2) is 53.0 Å². The predicted molar refractivity (Wildman–Crippen MR) is 101 cm³/mol. The summed E-state index contributed by atoms with van der Waals surface area (Å²) in [5, 5.41) is 10.3. The second kappa shape index (κ2) is 7.98. The molecule has 0 bridgehead atoms. The Kier molecular flexibility index (Phi) is 5.49. The fourth-order valence-corrected chi connectivity index (χ4v) is 2.89. The van der Waals surface area contributed by atoms with Crippen molar-refractivity contribution in [2.45, 2.75) is 13.5 Å². The molecule has 2 aromatic carbocycles. The lowest BCUT2D eigenvalue weighted by molar-refractivity contribution is 0.0514. The average Bonchev–Trinajstić information content (AvgIpc) is 2.66. The SMILES string of the molecule is CCOC(=O)c1nc2cc(Br)ccc2c(C#N)c1OCc1ccccc1. The number of fused-ring (bicyclic) bond motifs is 1. The Morgan fingerprint density at radius 1 is 1.23 bits per heavy atom. The van der Waals surface area contributed by atoms with Gasteiger partial charge in [0.2, 0.25) is 0 Å². The Bertz CT molecular complexity index is 997. The molecule has 0 unspecified atom stereocenters. The van der Waals surface area contributed by atoms with Crippen LogP contribution in [0.3, 0.4) is 0 Å². The minimum Gasteiger partial charge on any atom is -0.485 e. The summed E-state index contributed by atoms with van der Waals surface area (Å²) in [6, 6.07) is 17.0. The highest BCUT2D eigenvalue weighted by atomic mass is 79.9. The van der Waals surface area contributed by atoms with Crippen molar-refractivity contribution in [2.24, 2.45) is 0 Å². The zero-order chi connectivity index (χ0) is 18.5. The van der Waals surface area contributed by atoms with E-state index in [1.807, 2.05) is 36.4 Å². The molecule has 0 aliphatic carbocycles. The van der Waals surface area contributed by atoms with E-state index in [0.29, 0.717) is 10.9 Å². The molecule has 0 radical (unpaired) electrons. The van der Waals surface area contributed by atoms with Crippen molar-refractivity contribution < 1.29 is 14.3 Å². The molecule has 0 saturated heterocycles. The van der Waals surface area contributed by atoms with E-state index in [2.05, 4.69) is 27.0 Å². The number of aromatic nitrogens is 1. The molecule has 0 atom stereocenters. The van der Waals surface area contributed by atoms with E-state index in [-0.39, 0.29) is 30.2 Å². The largest absolute Gasteiger partial charge is 0.485 e.